The Balaban J connectivity index is 1.44. The fourth-order valence-electron chi connectivity index (χ4n) is 3.14. The second kappa shape index (κ2) is 14.3. The molecule has 0 spiro atoms. The molecule has 0 bridgehead atoms. The monoisotopic (exact) mass is 571 g/mol. The number of rotatable bonds is 12. The molecule has 0 heterocycles. The molecule has 188 valence electrons. The Labute approximate surface area is 224 Å². The van der Waals surface area contributed by atoms with Crippen molar-refractivity contribution in [3.8, 4) is 11.5 Å². The molecule has 0 saturated heterocycles. The molecule has 0 fully saturated rings. The van der Waals surface area contributed by atoms with Crippen LogP contribution in [0.5, 0.6) is 11.5 Å². The van der Waals surface area contributed by atoms with Gasteiger partial charge in [0.2, 0.25) is 11.8 Å². The molecule has 0 atom stereocenters. The number of amides is 2. The van der Waals surface area contributed by atoms with Crippen molar-refractivity contribution in [3.05, 3.63) is 87.4 Å². The number of halogens is 2. The fourth-order valence-corrected chi connectivity index (χ4v) is 3.53. The van der Waals surface area contributed by atoms with Crippen LogP contribution in [0, 0.1) is 0 Å². The lowest BCUT2D eigenvalue weighted by Gasteiger charge is -2.12. The van der Waals surface area contributed by atoms with Crippen molar-refractivity contribution in [1.82, 2.24) is 5.43 Å². The SMILES string of the molecule is CCOc1cc(/C=N\NC(=O)CCCC(=O)Nc2ccc(Br)cc2)ccc1OCc1ccc(Cl)cc1. The molecule has 0 aliphatic carbocycles. The van der Waals surface area contributed by atoms with Crippen LogP contribution in [0.25, 0.3) is 0 Å². The minimum absolute atomic E-state index is 0.143. The zero-order valence-corrected chi connectivity index (χ0v) is 22.1. The number of hydrogen-bond acceptors (Lipinski definition) is 5. The zero-order chi connectivity index (χ0) is 25.8. The predicted octanol–water partition coefficient (Wildman–Crippen LogP) is 6.34. The average Bonchev–Trinajstić information content (AvgIpc) is 2.86. The third-order valence-corrected chi connectivity index (χ3v) is 5.69. The Bertz CT molecular complexity index is 1180. The van der Waals surface area contributed by atoms with Crippen molar-refractivity contribution in [3.63, 3.8) is 0 Å². The summed E-state index contributed by atoms with van der Waals surface area (Å²) >= 11 is 9.28. The molecule has 2 N–H and O–H groups in total. The highest BCUT2D eigenvalue weighted by Crippen LogP contribution is 2.29. The van der Waals surface area contributed by atoms with Gasteiger partial charge in [-0.1, -0.05) is 39.7 Å². The number of benzene rings is 3. The van der Waals surface area contributed by atoms with Gasteiger partial charge in [-0.3, -0.25) is 9.59 Å². The van der Waals surface area contributed by atoms with Gasteiger partial charge >= 0.3 is 0 Å². The summed E-state index contributed by atoms with van der Waals surface area (Å²) in [6.45, 7) is 2.75. The number of anilines is 1. The second-order valence-corrected chi connectivity index (χ2v) is 9.11. The van der Waals surface area contributed by atoms with E-state index in [0.717, 1.165) is 15.6 Å². The number of nitrogens with zero attached hydrogens (tertiary/aromatic N) is 1. The summed E-state index contributed by atoms with van der Waals surface area (Å²) in [6.07, 6.45) is 2.37. The summed E-state index contributed by atoms with van der Waals surface area (Å²) in [5.74, 6) is 0.777. The van der Waals surface area contributed by atoms with E-state index in [4.69, 9.17) is 21.1 Å². The van der Waals surface area contributed by atoms with Crippen LogP contribution in [0.4, 0.5) is 5.69 Å². The van der Waals surface area contributed by atoms with E-state index in [2.05, 4.69) is 31.8 Å². The van der Waals surface area contributed by atoms with Crippen LogP contribution < -0.4 is 20.2 Å². The number of nitrogens with one attached hydrogen (secondary N) is 2. The van der Waals surface area contributed by atoms with Crippen LogP contribution in [0.2, 0.25) is 5.02 Å². The van der Waals surface area contributed by atoms with E-state index in [-0.39, 0.29) is 24.7 Å². The summed E-state index contributed by atoms with van der Waals surface area (Å²) in [7, 11) is 0. The Morgan fingerprint density at radius 3 is 2.39 bits per heavy atom. The number of carbonyl (C=O) groups excluding carboxylic acids is 2. The topological polar surface area (TPSA) is 89.0 Å². The van der Waals surface area contributed by atoms with Crippen LogP contribution in [0.1, 0.15) is 37.3 Å². The van der Waals surface area contributed by atoms with Gasteiger partial charge in [0.25, 0.3) is 0 Å². The predicted molar refractivity (Wildman–Crippen MR) is 146 cm³/mol. The number of carbonyl (C=O) groups is 2. The van der Waals surface area contributed by atoms with Crippen molar-refractivity contribution in [1.29, 1.82) is 0 Å². The molecule has 2 amide bonds. The van der Waals surface area contributed by atoms with E-state index in [0.29, 0.717) is 41.8 Å². The van der Waals surface area contributed by atoms with E-state index in [1.165, 1.54) is 6.21 Å². The van der Waals surface area contributed by atoms with E-state index in [1.54, 1.807) is 24.3 Å². The largest absolute Gasteiger partial charge is 0.490 e. The lowest BCUT2D eigenvalue weighted by molar-refractivity contribution is -0.121. The highest BCUT2D eigenvalue weighted by Gasteiger charge is 2.08. The lowest BCUT2D eigenvalue weighted by atomic mass is 10.2. The average molecular weight is 573 g/mol. The fraction of sp³-hybridized carbons (Fsp3) is 0.222. The summed E-state index contributed by atoms with van der Waals surface area (Å²) in [5.41, 5.74) is 4.93. The third-order valence-electron chi connectivity index (χ3n) is 4.91. The molecule has 3 aromatic rings. The first-order valence-corrected chi connectivity index (χ1v) is 12.6. The zero-order valence-electron chi connectivity index (χ0n) is 19.8. The van der Waals surface area contributed by atoms with Crippen molar-refractivity contribution in [2.45, 2.75) is 32.8 Å². The Morgan fingerprint density at radius 1 is 0.944 bits per heavy atom. The molecule has 0 saturated carbocycles. The quantitative estimate of drug-likeness (QED) is 0.196. The molecular weight excluding hydrogens is 546 g/mol. The van der Waals surface area contributed by atoms with Gasteiger partial charge in [0, 0.05) is 28.0 Å². The highest BCUT2D eigenvalue weighted by atomic mass is 79.9. The molecule has 7 nitrogen and oxygen atoms in total. The van der Waals surface area contributed by atoms with Crippen molar-refractivity contribution >= 4 is 51.2 Å². The van der Waals surface area contributed by atoms with Crippen LogP contribution in [0.15, 0.2) is 76.3 Å². The standard InChI is InChI=1S/C27H27BrClN3O4/c1-2-35-25-16-20(8-15-24(25)36-18-19-6-11-22(29)12-7-19)17-30-32-27(34)5-3-4-26(33)31-23-13-9-21(28)10-14-23/h6-17H,2-5,18H2,1H3,(H,31,33)(H,32,34)/b30-17-. The molecule has 0 aliphatic heterocycles. The van der Waals surface area contributed by atoms with E-state index in [9.17, 15) is 9.59 Å². The minimum atomic E-state index is -0.268. The van der Waals surface area contributed by atoms with E-state index >= 15 is 0 Å². The van der Waals surface area contributed by atoms with Crippen LogP contribution in [0.3, 0.4) is 0 Å². The van der Waals surface area contributed by atoms with Gasteiger partial charge in [0.1, 0.15) is 6.61 Å². The first-order valence-electron chi connectivity index (χ1n) is 11.4. The normalized spacial score (nSPS) is 10.8. The number of hydrazone groups is 1. The second-order valence-electron chi connectivity index (χ2n) is 7.76. The van der Waals surface area contributed by atoms with E-state index < -0.39 is 0 Å². The molecule has 3 rings (SSSR count). The maximum atomic E-state index is 12.1. The van der Waals surface area contributed by atoms with Gasteiger partial charge in [-0.2, -0.15) is 5.10 Å². The van der Waals surface area contributed by atoms with Crippen molar-refractivity contribution < 1.29 is 19.1 Å². The summed E-state index contributed by atoms with van der Waals surface area (Å²) in [5, 5.41) is 7.48. The molecule has 9 heteroatoms. The van der Waals surface area contributed by atoms with Gasteiger partial charge in [0.15, 0.2) is 11.5 Å². The first kappa shape index (κ1) is 27.2. The molecule has 36 heavy (non-hydrogen) atoms. The number of hydrogen-bond donors (Lipinski definition) is 2. The van der Waals surface area contributed by atoms with Gasteiger partial charge < -0.3 is 14.8 Å². The molecule has 0 aromatic heterocycles. The minimum Gasteiger partial charge on any atom is -0.490 e. The van der Waals surface area contributed by atoms with Crippen LogP contribution in [-0.2, 0) is 16.2 Å². The van der Waals surface area contributed by atoms with Crippen molar-refractivity contribution in [2.24, 2.45) is 5.10 Å². The summed E-state index contributed by atoms with van der Waals surface area (Å²) in [6, 6.07) is 20.2. The first-order chi connectivity index (χ1) is 17.4. The molecule has 0 aliphatic rings. The Hall–Kier alpha value is -3.36. The summed E-state index contributed by atoms with van der Waals surface area (Å²) in [4.78, 5) is 24.1. The number of ether oxygens (including phenoxy) is 2. The molecule has 0 radical (unpaired) electrons. The third kappa shape index (κ3) is 9.36. The van der Waals surface area contributed by atoms with Gasteiger partial charge in [-0.25, -0.2) is 5.43 Å². The molecular formula is C27H27BrClN3O4. The maximum Gasteiger partial charge on any atom is 0.240 e. The maximum absolute atomic E-state index is 12.1. The highest BCUT2D eigenvalue weighted by molar-refractivity contribution is 9.10. The Morgan fingerprint density at radius 2 is 1.67 bits per heavy atom. The van der Waals surface area contributed by atoms with Gasteiger partial charge in [-0.15, -0.1) is 0 Å². The van der Waals surface area contributed by atoms with E-state index in [1.807, 2.05) is 49.4 Å². The Kier molecular flexibility index (Phi) is 10.8. The van der Waals surface area contributed by atoms with Crippen molar-refractivity contribution in [2.75, 3.05) is 11.9 Å². The van der Waals surface area contributed by atoms with Gasteiger partial charge in [0.05, 0.1) is 12.8 Å². The lowest BCUT2D eigenvalue weighted by Crippen LogP contribution is -2.18. The summed E-state index contributed by atoms with van der Waals surface area (Å²) < 4.78 is 12.5. The molecule has 0 unspecified atom stereocenters. The van der Waals surface area contributed by atoms with Crippen LogP contribution in [-0.4, -0.2) is 24.6 Å². The molecule has 3 aromatic carbocycles. The van der Waals surface area contributed by atoms with Gasteiger partial charge in [-0.05, 0) is 79.1 Å². The smallest absolute Gasteiger partial charge is 0.240 e. The van der Waals surface area contributed by atoms with Crippen LogP contribution >= 0.6 is 27.5 Å².